The Hall–Kier alpha value is -2.58. The van der Waals surface area contributed by atoms with Crippen molar-refractivity contribution >= 4 is 27.5 Å². The molecule has 0 unspecified atom stereocenters. The van der Waals surface area contributed by atoms with E-state index in [4.69, 9.17) is 9.84 Å². The van der Waals surface area contributed by atoms with Gasteiger partial charge in [0.15, 0.2) is 11.6 Å². The molecule has 5 nitrogen and oxygen atoms in total. The molecule has 0 fully saturated rings. The van der Waals surface area contributed by atoms with Crippen molar-refractivity contribution in [3.05, 3.63) is 58.1 Å². The fourth-order valence-corrected chi connectivity index (χ4v) is 3.16. The van der Waals surface area contributed by atoms with E-state index < -0.39 is 29.8 Å². The lowest BCUT2D eigenvalue weighted by Gasteiger charge is -2.10. The van der Waals surface area contributed by atoms with Crippen molar-refractivity contribution in [3.63, 3.8) is 0 Å². The van der Waals surface area contributed by atoms with Gasteiger partial charge < -0.3 is 15.2 Å². The predicted molar refractivity (Wildman–Crippen MR) is 89.6 cm³/mol. The average molecular weight is 364 g/mol. The van der Waals surface area contributed by atoms with Crippen molar-refractivity contribution < 1.29 is 23.4 Å². The molecule has 25 heavy (non-hydrogen) atoms. The second kappa shape index (κ2) is 7.12. The fourth-order valence-electron chi connectivity index (χ4n) is 2.30. The van der Waals surface area contributed by atoms with Crippen LogP contribution in [-0.2, 0) is 6.61 Å². The normalized spacial score (nSPS) is 10.9. The van der Waals surface area contributed by atoms with Gasteiger partial charge in [-0.15, -0.1) is 11.3 Å². The number of carbonyl (C=O) groups is 1. The number of ether oxygens (including phenoxy) is 1. The molecule has 8 heteroatoms. The van der Waals surface area contributed by atoms with Gasteiger partial charge >= 0.3 is 0 Å². The summed E-state index contributed by atoms with van der Waals surface area (Å²) in [6, 6.07) is 7.90. The maximum absolute atomic E-state index is 14.3. The van der Waals surface area contributed by atoms with Crippen LogP contribution in [0.15, 0.2) is 30.3 Å². The number of hydrogen-bond donors (Lipinski definition) is 2. The summed E-state index contributed by atoms with van der Waals surface area (Å²) in [5, 5.41) is 11.2. The first-order valence-electron chi connectivity index (χ1n) is 7.35. The second-order valence-electron chi connectivity index (χ2n) is 5.27. The van der Waals surface area contributed by atoms with Gasteiger partial charge in [-0.25, -0.2) is 13.8 Å². The van der Waals surface area contributed by atoms with E-state index in [1.807, 2.05) is 30.4 Å². The SMILES string of the molecule is Cc1ccc2sc(COc3ccc(F)c(C(=O)NCO)c3F)nc2c1. The number of carbonyl (C=O) groups excluding carboxylic acids is 1. The highest BCUT2D eigenvalue weighted by Crippen LogP contribution is 2.27. The third-order valence-corrected chi connectivity index (χ3v) is 4.47. The third kappa shape index (κ3) is 3.59. The molecule has 0 aliphatic rings. The van der Waals surface area contributed by atoms with Crippen LogP contribution in [0.5, 0.6) is 5.75 Å². The lowest BCUT2D eigenvalue weighted by atomic mass is 10.1. The largest absolute Gasteiger partial charge is 0.483 e. The van der Waals surface area contributed by atoms with Gasteiger partial charge in [0, 0.05) is 0 Å². The molecule has 0 saturated carbocycles. The van der Waals surface area contributed by atoms with Gasteiger partial charge in [0.05, 0.1) is 10.2 Å². The number of aliphatic hydroxyl groups excluding tert-OH is 1. The van der Waals surface area contributed by atoms with Crippen molar-refractivity contribution in [1.82, 2.24) is 10.3 Å². The summed E-state index contributed by atoms with van der Waals surface area (Å²) in [5.41, 5.74) is 1.10. The molecule has 3 aromatic rings. The van der Waals surface area contributed by atoms with Crippen LogP contribution in [0.2, 0.25) is 0 Å². The number of rotatable bonds is 5. The summed E-state index contributed by atoms with van der Waals surface area (Å²) in [6.07, 6.45) is 0. The van der Waals surface area contributed by atoms with Gasteiger partial charge in [0.1, 0.15) is 29.7 Å². The molecule has 1 heterocycles. The number of aromatic nitrogens is 1. The van der Waals surface area contributed by atoms with E-state index in [1.165, 1.54) is 11.3 Å². The summed E-state index contributed by atoms with van der Waals surface area (Å²) in [6.45, 7) is 1.22. The molecule has 1 aromatic heterocycles. The summed E-state index contributed by atoms with van der Waals surface area (Å²) < 4.78 is 34.4. The summed E-state index contributed by atoms with van der Waals surface area (Å²) >= 11 is 1.41. The van der Waals surface area contributed by atoms with Crippen LogP contribution in [0.4, 0.5) is 8.78 Å². The molecular weight excluding hydrogens is 350 g/mol. The minimum Gasteiger partial charge on any atom is -0.483 e. The Kier molecular flexibility index (Phi) is 4.91. The number of hydrogen-bond acceptors (Lipinski definition) is 5. The van der Waals surface area contributed by atoms with Crippen LogP contribution in [0.25, 0.3) is 10.2 Å². The van der Waals surface area contributed by atoms with Crippen LogP contribution >= 0.6 is 11.3 Å². The second-order valence-corrected chi connectivity index (χ2v) is 6.38. The zero-order valence-corrected chi connectivity index (χ0v) is 14.0. The molecule has 130 valence electrons. The van der Waals surface area contributed by atoms with Crippen molar-refractivity contribution in [2.24, 2.45) is 0 Å². The number of nitrogens with one attached hydrogen (secondary N) is 1. The fraction of sp³-hybridized carbons (Fsp3) is 0.176. The lowest BCUT2D eigenvalue weighted by molar-refractivity contribution is 0.0900. The highest BCUT2D eigenvalue weighted by atomic mass is 32.1. The first kappa shape index (κ1) is 17.2. The standard InChI is InChI=1S/C17H14F2N2O3S/c1-9-2-5-13-11(6-9)21-14(25-13)7-24-12-4-3-10(18)15(16(12)19)17(23)20-8-22/h2-6,22H,7-8H2,1H3,(H,20,23). The molecule has 2 aromatic carbocycles. The van der Waals surface area contributed by atoms with Crippen LogP contribution in [-0.4, -0.2) is 22.7 Å². The number of fused-ring (bicyclic) bond motifs is 1. The highest BCUT2D eigenvalue weighted by Gasteiger charge is 2.21. The number of aliphatic hydroxyl groups is 1. The molecule has 0 atom stereocenters. The van der Waals surface area contributed by atoms with Gasteiger partial charge in [-0.2, -0.15) is 0 Å². The van der Waals surface area contributed by atoms with E-state index in [1.54, 1.807) is 0 Å². The summed E-state index contributed by atoms with van der Waals surface area (Å²) in [5.74, 6) is -3.48. The number of thiazole rings is 1. The minimum atomic E-state index is -1.12. The van der Waals surface area contributed by atoms with Crippen LogP contribution in [0.1, 0.15) is 20.9 Å². The van der Waals surface area contributed by atoms with Crippen molar-refractivity contribution in [2.45, 2.75) is 13.5 Å². The Morgan fingerprint density at radius 3 is 2.88 bits per heavy atom. The van der Waals surface area contributed by atoms with Gasteiger partial charge in [-0.3, -0.25) is 4.79 Å². The van der Waals surface area contributed by atoms with Crippen molar-refractivity contribution in [2.75, 3.05) is 6.73 Å². The van der Waals surface area contributed by atoms with Crippen LogP contribution in [0.3, 0.4) is 0 Å². The Morgan fingerprint density at radius 1 is 1.32 bits per heavy atom. The van der Waals surface area contributed by atoms with Gasteiger partial charge in [0.2, 0.25) is 0 Å². The first-order valence-corrected chi connectivity index (χ1v) is 8.17. The van der Waals surface area contributed by atoms with Gasteiger partial charge in [-0.1, -0.05) is 6.07 Å². The summed E-state index contributed by atoms with van der Waals surface area (Å²) in [7, 11) is 0. The molecule has 0 aliphatic carbocycles. The number of nitrogens with zero attached hydrogens (tertiary/aromatic N) is 1. The number of amides is 1. The maximum atomic E-state index is 14.3. The van der Waals surface area contributed by atoms with Gasteiger partial charge in [-0.05, 0) is 36.8 Å². The highest BCUT2D eigenvalue weighted by molar-refractivity contribution is 7.18. The van der Waals surface area contributed by atoms with E-state index in [2.05, 4.69) is 4.98 Å². The zero-order valence-electron chi connectivity index (χ0n) is 13.2. The van der Waals surface area contributed by atoms with E-state index in [0.717, 1.165) is 27.9 Å². The predicted octanol–water partition coefficient (Wildman–Crippen LogP) is 3.14. The number of halogens is 2. The van der Waals surface area contributed by atoms with E-state index in [0.29, 0.717) is 5.01 Å². The molecular formula is C17H14F2N2O3S. The van der Waals surface area contributed by atoms with Gasteiger partial charge in [0.25, 0.3) is 5.91 Å². The first-order chi connectivity index (χ1) is 12.0. The van der Waals surface area contributed by atoms with Crippen LogP contribution < -0.4 is 10.1 Å². The zero-order chi connectivity index (χ0) is 18.0. The number of aryl methyl sites for hydroxylation is 1. The maximum Gasteiger partial charge on any atom is 0.259 e. The van der Waals surface area contributed by atoms with E-state index in [-0.39, 0.29) is 12.4 Å². The Balaban J connectivity index is 1.82. The smallest absolute Gasteiger partial charge is 0.259 e. The topological polar surface area (TPSA) is 71.5 Å². The van der Waals surface area contributed by atoms with E-state index >= 15 is 0 Å². The van der Waals surface area contributed by atoms with Crippen molar-refractivity contribution in [3.8, 4) is 5.75 Å². The quantitative estimate of drug-likeness (QED) is 0.683. The van der Waals surface area contributed by atoms with Crippen LogP contribution in [0, 0.1) is 18.6 Å². The molecule has 3 rings (SSSR count). The lowest BCUT2D eigenvalue weighted by Crippen LogP contribution is -2.26. The average Bonchev–Trinajstić information content (AvgIpc) is 2.96. The Morgan fingerprint density at radius 2 is 2.12 bits per heavy atom. The van der Waals surface area contributed by atoms with E-state index in [9.17, 15) is 13.6 Å². The molecule has 1 amide bonds. The molecule has 0 radical (unpaired) electrons. The molecule has 0 spiro atoms. The molecule has 0 aliphatic heterocycles. The number of benzene rings is 2. The van der Waals surface area contributed by atoms with Crippen molar-refractivity contribution in [1.29, 1.82) is 0 Å². The third-order valence-electron chi connectivity index (χ3n) is 3.46. The molecule has 0 saturated heterocycles. The molecule has 0 bridgehead atoms. The Bertz CT molecular complexity index is 943. The minimum absolute atomic E-state index is 0.0119. The molecule has 2 N–H and O–H groups in total. The monoisotopic (exact) mass is 364 g/mol. The Labute approximate surface area is 145 Å². The summed E-state index contributed by atoms with van der Waals surface area (Å²) in [4.78, 5) is 16.1.